The molecular weight excluding hydrogens is 304 g/mol. The summed E-state index contributed by atoms with van der Waals surface area (Å²) in [6, 6.07) is 2.52. The largest absolute Gasteiger partial charge is 0.478 e. The lowest BCUT2D eigenvalue weighted by Crippen LogP contribution is -2.12. The number of carbonyl (C=O) groups is 1. The second-order valence-electron chi connectivity index (χ2n) is 4.48. The Balaban J connectivity index is 3.09. The summed E-state index contributed by atoms with van der Waals surface area (Å²) in [7, 11) is -3.58. The van der Waals surface area contributed by atoms with Crippen LogP contribution in [-0.4, -0.2) is 37.0 Å². The van der Waals surface area contributed by atoms with Gasteiger partial charge in [-0.25, -0.2) is 13.2 Å². The number of hydrogen-bond acceptors (Lipinski definition) is 4. The molecule has 0 bridgehead atoms. The zero-order valence-corrected chi connectivity index (χ0v) is 12.7. The van der Waals surface area contributed by atoms with Crippen molar-refractivity contribution in [1.82, 2.24) is 0 Å². The fourth-order valence-corrected chi connectivity index (χ4v) is 3.86. The first kappa shape index (κ1) is 16.9. The van der Waals surface area contributed by atoms with Gasteiger partial charge in [0.15, 0.2) is 9.84 Å². The third-order valence-corrected chi connectivity index (χ3v) is 5.10. The molecule has 5 nitrogen and oxygen atoms in total. The Morgan fingerprint density at radius 1 is 1.25 bits per heavy atom. The first-order valence-corrected chi connectivity index (χ1v) is 8.19. The second kappa shape index (κ2) is 7.06. The van der Waals surface area contributed by atoms with E-state index in [2.05, 4.69) is 0 Å². The highest BCUT2D eigenvalue weighted by molar-refractivity contribution is 7.91. The number of rotatable bonds is 7. The molecule has 2 N–H and O–H groups in total. The van der Waals surface area contributed by atoms with Gasteiger partial charge in [0.1, 0.15) is 0 Å². The number of sulfone groups is 1. The van der Waals surface area contributed by atoms with Gasteiger partial charge in [-0.2, -0.15) is 0 Å². The number of benzene rings is 1. The zero-order chi connectivity index (χ0) is 15.3. The lowest BCUT2D eigenvalue weighted by molar-refractivity contribution is 0.0696. The predicted molar refractivity (Wildman–Crippen MR) is 76.1 cm³/mol. The second-order valence-corrected chi connectivity index (χ2v) is 7.00. The average molecular weight is 321 g/mol. The maximum Gasteiger partial charge on any atom is 0.336 e. The summed E-state index contributed by atoms with van der Waals surface area (Å²) in [6.07, 6.45) is 1.56. The van der Waals surface area contributed by atoms with E-state index in [-0.39, 0.29) is 33.4 Å². The Bertz CT molecular complexity index is 595. The summed E-state index contributed by atoms with van der Waals surface area (Å²) in [5.41, 5.74) is 0.0930. The minimum absolute atomic E-state index is 0.0272. The average Bonchev–Trinajstić information content (AvgIpc) is 2.36. The normalized spacial score (nSPS) is 11.6. The van der Waals surface area contributed by atoms with Gasteiger partial charge >= 0.3 is 5.97 Å². The van der Waals surface area contributed by atoms with E-state index in [4.69, 9.17) is 21.8 Å². The van der Waals surface area contributed by atoms with E-state index in [0.717, 1.165) is 0 Å². The van der Waals surface area contributed by atoms with Gasteiger partial charge in [-0.1, -0.05) is 18.0 Å². The summed E-state index contributed by atoms with van der Waals surface area (Å²) in [4.78, 5) is 11.0. The molecular formula is C13H17ClO5S. The molecule has 0 fully saturated rings. The van der Waals surface area contributed by atoms with Crippen molar-refractivity contribution in [3.05, 3.63) is 28.3 Å². The zero-order valence-electron chi connectivity index (χ0n) is 11.1. The number of carboxylic acids is 1. The number of unbranched alkanes of at least 4 members (excludes halogenated alkanes) is 2. The Morgan fingerprint density at radius 2 is 1.90 bits per heavy atom. The van der Waals surface area contributed by atoms with Crippen molar-refractivity contribution in [2.45, 2.75) is 31.1 Å². The van der Waals surface area contributed by atoms with Crippen molar-refractivity contribution in [1.29, 1.82) is 0 Å². The molecule has 0 heterocycles. The molecule has 0 unspecified atom stereocenters. The van der Waals surface area contributed by atoms with Gasteiger partial charge in [0.05, 0.1) is 16.2 Å². The van der Waals surface area contributed by atoms with Crippen LogP contribution in [0.5, 0.6) is 0 Å². The van der Waals surface area contributed by atoms with Gasteiger partial charge in [-0.05, 0) is 37.5 Å². The van der Waals surface area contributed by atoms with Crippen molar-refractivity contribution in [3.8, 4) is 0 Å². The standard InChI is InChI=1S/C13H17ClO5S/c1-9-11(13(16)17)7-10(14)8-12(9)20(18,19)6-4-2-3-5-15/h7-8,15H,2-6H2,1H3,(H,16,17). The molecule has 0 radical (unpaired) electrons. The van der Waals surface area contributed by atoms with Gasteiger partial charge in [0, 0.05) is 11.6 Å². The molecule has 0 aliphatic carbocycles. The molecule has 20 heavy (non-hydrogen) atoms. The summed E-state index contributed by atoms with van der Waals surface area (Å²) in [5.74, 6) is -1.30. The Labute approximate surface area is 123 Å². The van der Waals surface area contributed by atoms with Crippen LogP contribution < -0.4 is 0 Å². The van der Waals surface area contributed by atoms with E-state index in [1.807, 2.05) is 0 Å². The van der Waals surface area contributed by atoms with Gasteiger partial charge in [-0.15, -0.1) is 0 Å². The summed E-state index contributed by atoms with van der Waals surface area (Å²) >= 11 is 5.80. The quantitative estimate of drug-likeness (QED) is 0.752. The van der Waals surface area contributed by atoms with Crippen LogP contribution in [0.2, 0.25) is 5.02 Å². The molecule has 112 valence electrons. The number of hydrogen-bond donors (Lipinski definition) is 2. The first-order chi connectivity index (χ1) is 9.29. The topological polar surface area (TPSA) is 91.7 Å². The summed E-state index contributed by atoms with van der Waals surface area (Å²) < 4.78 is 24.5. The molecule has 1 aromatic carbocycles. The molecule has 1 rings (SSSR count). The SMILES string of the molecule is Cc1c(C(=O)O)cc(Cl)cc1S(=O)(=O)CCCCCO. The number of carboxylic acid groups (broad SMARTS) is 1. The van der Waals surface area contributed by atoms with Crippen LogP contribution >= 0.6 is 11.6 Å². The number of aromatic carboxylic acids is 1. The van der Waals surface area contributed by atoms with Crippen LogP contribution in [-0.2, 0) is 9.84 Å². The van der Waals surface area contributed by atoms with Crippen molar-refractivity contribution in [3.63, 3.8) is 0 Å². The first-order valence-electron chi connectivity index (χ1n) is 6.16. The van der Waals surface area contributed by atoms with Crippen LogP contribution in [0.25, 0.3) is 0 Å². The highest BCUT2D eigenvalue weighted by atomic mass is 35.5. The Morgan fingerprint density at radius 3 is 2.45 bits per heavy atom. The lowest BCUT2D eigenvalue weighted by atomic mass is 10.1. The van der Waals surface area contributed by atoms with Gasteiger partial charge in [0.25, 0.3) is 0 Å². The fraction of sp³-hybridized carbons (Fsp3) is 0.462. The van der Waals surface area contributed by atoms with Gasteiger partial charge in [0.2, 0.25) is 0 Å². The van der Waals surface area contributed by atoms with Crippen LogP contribution in [0.4, 0.5) is 0 Å². The minimum atomic E-state index is -3.58. The third-order valence-electron chi connectivity index (χ3n) is 2.96. The van der Waals surface area contributed by atoms with E-state index in [0.29, 0.717) is 19.3 Å². The highest BCUT2D eigenvalue weighted by Gasteiger charge is 2.21. The number of aliphatic hydroxyl groups excluding tert-OH is 1. The molecule has 0 atom stereocenters. The predicted octanol–water partition coefficient (Wildman–Crippen LogP) is 2.28. The van der Waals surface area contributed by atoms with Crippen LogP contribution in [0.15, 0.2) is 17.0 Å². The summed E-state index contributed by atoms with van der Waals surface area (Å²) in [6.45, 7) is 1.49. The molecule has 0 saturated heterocycles. The molecule has 0 saturated carbocycles. The molecule has 7 heteroatoms. The fourth-order valence-electron chi connectivity index (χ4n) is 1.89. The van der Waals surface area contributed by atoms with E-state index in [1.165, 1.54) is 19.1 Å². The maximum atomic E-state index is 12.2. The molecule has 0 aliphatic rings. The molecule has 0 amide bonds. The number of aliphatic hydroxyl groups is 1. The maximum absolute atomic E-state index is 12.2. The monoisotopic (exact) mass is 320 g/mol. The van der Waals surface area contributed by atoms with Crippen molar-refractivity contribution < 1.29 is 23.4 Å². The highest BCUT2D eigenvalue weighted by Crippen LogP contribution is 2.26. The van der Waals surface area contributed by atoms with Gasteiger partial charge < -0.3 is 10.2 Å². The van der Waals surface area contributed by atoms with Crippen molar-refractivity contribution in [2.24, 2.45) is 0 Å². The van der Waals surface area contributed by atoms with Crippen LogP contribution in [0.3, 0.4) is 0 Å². The van der Waals surface area contributed by atoms with Crippen molar-refractivity contribution >= 4 is 27.4 Å². The van der Waals surface area contributed by atoms with Crippen LogP contribution in [0, 0.1) is 6.92 Å². The molecule has 1 aromatic rings. The molecule has 0 spiro atoms. The Kier molecular flexibility index (Phi) is 5.98. The summed E-state index contributed by atoms with van der Waals surface area (Å²) in [5, 5.41) is 17.8. The van der Waals surface area contributed by atoms with E-state index in [9.17, 15) is 13.2 Å². The van der Waals surface area contributed by atoms with E-state index in [1.54, 1.807) is 0 Å². The Hall–Kier alpha value is -1.11. The van der Waals surface area contributed by atoms with Gasteiger partial charge in [-0.3, -0.25) is 0 Å². The van der Waals surface area contributed by atoms with E-state index < -0.39 is 15.8 Å². The van der Waals surface area contributed by atoms with E-state index >= 15 is 0 Å². The number of halogens is 1. The minimum Gasteiger partial charge on any atom is -0.478 e. The third kappa shape index (κ3) is 4.19. The molecule has 0 aromatic heterocycles. The molecule has 0 aliphatic heterocycles. The lowest BCUT2D eigenvalue weighted by Gasteiger charge is -2.11. The van der Waals surface area contributed by atoms with Crippen molar-refractivity contribution in [2.75, 3.05) is 12.4 Å². The van der Waals surface area contributed by atoms with Crippen LogP contribution in [0.1, 0.15) is 35.2 Å². The smallest absolute Gasteiger partial charge is 0.336 e.